The van der Waals surface area contributed by atoms with E-state index in [-0.39, 0.29) is 0 Å². The molecule has 0 saturated heterocycles. The number of hydrogen-bond donors (Lipinski definition) is 0. The van der Waals surface area contributed by atoms with Crippen LogP contribution in [0.15, 0.2) is 50.7 Å². The van der Waals surface area contributed by atoms with Crippen molar-refractivity contribution in [3.8, 4) is 0 Å². The van der Waals surface area contributed by atoms with Gasteiger partial charge in [0.25, 0.3) is 0 Å². The Bertz CT molecular complexity index is 602. The molecule has 0 aliphatic carbocycles. The van der Waals surface area contributed by atoms with Crippen molar-refractivity contribution in [1.82, 2.24) is 0 Å². The van der Waals surface area contributed by atoms with E-state index in [0.717, 1.165) is 23.3 Å². The van der Waals surface area contributed by atoms with Gasteiger partial charge in [-0.05, 0) is 36.4 Å². The minimum atomic E-state index is -0.872. The molecular formula is C13H7BrF2OS. The van der Waals surface area contributed by atoms with Crippen molar-refractivity contribution < 1.29 is 13.6 Å². The molecule has 5 heteroatoms. The fourth-order valence-electron chi connectivity index (χ4n) is 1.34. The molecule has 0 radical (unpaired) electrons. The molecule has 0 aliphatic heterocycles. The van der Waals surface area contributed by atoms with Gasteiger partial charge in [0.15, 0.2) is 17.9 Å². The quantitative estimate of drug-likeness (QED) is 0.760. The van der Waals surface area contributed by atoms with Gasteiger partial charge in [-0.15, -0.1) is 0 Å². The topological polar surface area (TPSA) is 17.1 Å². The summed E-state index contributed by atoms with van der Waals surface area (Å²) in [6, 6.07) is 8.91. The minimum Gasteiger partial charge on any atom is -0.298 e. The van der Waals surface area contributed by atoms with Crippen LogP contribution < -0.4 is 0 Å². The smallest absolute Gasteiger partial charge is 0.159 e. The largest absolute Gasteiger partial charge is 0.298 e. The Hall–Kier alpha value is -1.20. The van der Waals surface area contributed by atoms with Gasteiger partial charge in [0.05, 0.1) is 0 Å². The van der Waals surface area contributed by atoms with Gasteiger partial charge < -0.3 is 0 Å². The van der Waals surface area contributed by atoms with Crippen molar-refractivity contribution in [2.24, 2.45) is 0 Å². The maximum Gasteiger partial charge on any atom is 0.159 e. The van der Waals surface area contributed by atoms with E-state index in [1.807, 2.05) is 0 Å². The van der Waals surface area contributed by atoms with Crippen LogP contribution >= 0.6 is 27.7 Å². The Balaban J connectivity index is 2.25. The SMILES string of the molecule is O=Cc1ccc(Sc2ccc(F)c(F)c2)cc1Br. The van der Waals surface area contributed by atoms with E-state index in [9.17, 15) is 13.6 Å². The molecule has 0 atom stereocenters. The van der Waals surface area contributed by atoms with Crippen LogP contribution in [0.3, 0.4) is 0 Å². The number of benzene rings is 2. The number of carbonyl (C=O) groups is 1. The summed E-state index contributed by atoms with van der Waals surface area (Å²) in [6.45, 7) is 0. The Morgan fingerprint density at radius 2 is 1.67 bits per heavy atom. The predicted octanol–water partition coefficient (Wildman–Crippen LogP) is 4.69. The van der Waals surface area contributed by atoms with Crippen LogP contribution in [0.2, 0.25) is 0 Å². The normalized spacial score (nSPS) is 10.4. The van der Waals surface area contributed by atoms with Gasteiger partial charge >= 0.3 is 0 Å². The number of halogens is 3. The molecule has 0 unspecified atom stereocenters. The van der Waals surface area contributed by atoms with E-state index in [4.69, 9.17) is 0 Å². The third kappa shape index (κ3) is 2.97. The standard InChI is InChI=1S/C13H7BrF2OS/c14-11-5-9(2-1-8(11)7-17)18-10-3-4-12(15)13(16)6-10/h1-7H. The lowest BCUT2D eigenvalue weighted by Gasteiger charge is -2.04. The van der Waals surface area contributed by atoms with Gasteiger partial charge in [0.2, 0.25) is 0 Å². The third-order valence-corrected chi connectivity index (χ3v) is 3.89. The number of rotatable bonds is 3. The monoisotopic (exact) mass is 328 g/mol. The highest BCUT2D eigenvalue weighted by Crippen LogP contribution is 2.31. The fraction of sp³-hybridized carbons (Fsp3) is 0. The Morgan fingerprint density at radius 3 is 2.28 bits per heavy atom. The highest BCUT2D eigenvalue weighted by Gasteiger charge is 2.05. The van der Waals surface area contributed by atoms with Crippen LogP contribution in [-0.2, 0) is 0 Å². The number of hydrogen-bond acceptors (Lipinski definition) is 2. The number of aldehydes is 1. The van der Waals surface area contributed by atoms with Crippen molar-refractivity contribution in [3.63, 3.8) is 0 Å². The molecule has 0 saturated carbocycles. The first-order valence-electron chi connectivity index (χ1n) is 4.98. The molecule has 2 aromatic carbocycles. The summed E-state index contributed by atoms with van der Waals surface area (Å²) in [4.78, 5) is 12.1. The summed E-state index contributed by atoms with van der Waals surface area (Å²) in [7, 11) is 0. The fourth-order valence-corrected chi connectivity index (χ4v) is 2.85. The van der Waals surface area contributed by atoms with Crippen molar-refractivity contribution in [2.45, 2.75) is 9.79 Å². The molecular weight excluding hydrogens is 322 g/mol. The lowest BCUT2D eigenvalue weighted by atomic mass is 10.2. The zero-order chi connectivity index (χ0) is 13.1. The van der Waals surface area contributed by atoms with Crippen LogP contribution in [0.1, 0.15) is 10.4 Å². The highest BCUT2D eigenvalue weighted by atomic mass is 79.9. The lowest BCUT2D eigenvalue weighted by molar-refractivity contribution is 0.112. The van der Waals surface area contributed by atoms with E-state index < -0.39 is 11.6 Å². The Kier molecular flexibility index (Phi) is 4.14. The second-order valence-corrected chi connectivity index (χ2v) is 5.48. The summed E-state index contributed by atoms with van der Waals surface area (Å²) in [5.41, 5.74) is 0.546. The van der Waals surface area contributed by atoms with Crippen molar-refractivity contribution >= 4 is 34.0 Å². The van der Waals surface area contributed by atoms with Crippen molar-refractivity contribution in [3.05, 3.63) is 58.1 Å². The second-order valence-electron chi connectivity index (χ2n) is 3.48. The molecule has 2 rings (SSSR count). The zero-order valence-corrected chi connectivity index (χ0v) is 11.4. The van der Waals surface area contributed by atoms with Gasteiger partial charge in [0.1, 0.15) is 0 Å². The summed E-state index contributed by atoms with van der Waals surface area (Å²) in [5.74, 6) is -1.74. The molecule has 0 spiro atoms. The Morgan fingerprint density at radius 1 is 1.00 bits per heavy atom. The molecule has 0 bridgehead atoms. The maximum atomic E-state index is 13.0. The Labute approximate surface area is 115 Å². The van der Waals surface area contributed by atoms with Crippen LogP contribution in [-0.4, -0.2) is 6.29 Å². The molecule has 0 aromatic heterocycles. The summed E-state index contributed by atoms with van der Waals surface area (Å²) in [5, 5.41) is 0. The highest BCUT2D eigenvalue weighted by molar-refractivity contribution is 9.10. The molecule has 92 valence electrons. The summed E-state index contributed by atoms with van der Waals surface area (Å²) < 4.78 is 26.5. The maximum absolute atomic E-state index is 13.0. The average Bonchev–Trinajstić information content (AvgIpc) is 2.34. The van der Waals surface area contributed by atoms with Gasteiger partial charge in [-0.1, -0.05) is 27.7 Å². The van der Waals surface area contributed by atoms with Gasteiger partial charge in [0, 0.05) is 19.8 Å². The molecule has 0 N–H and O–H groups in total. The average molecular weight is 329 g/mol. The molecule has 0 heterocycles. The molecule has 1 nitrogen and oxygen atoms in total. The summed E-state index contributed by atoms with van der Waals surface area (Å²) in [6.07, 6.45) is 0.746. The first-order chi connectivity index (χ1) is 8.60. The lowest BCUT2D eigenvalue weighted by Crippen LogP contribution is -1.85. The van der Waals surface area contributed by atoms with E-state index in [1.165, 1.54) is 17.8 Å². The van der Waals surface area contributed by atoms with Gasteiger partial charge in [-0.2, -0.15) is 0 Å². The molecule has 0 amide bonds. The predicted molar refractivity (Wildman–Crippen MR) is 70.0 cm³/mol. The van der Waals surface area contributed by atoms with Crippen molar-refractivity contribution in [2.75, 3.05) is 0 Å². The molecule has 0 aliphatic rings. The first-order valence-corrected chi connectivity index (χ1v) is 6.59. The first kappa shape index (κ1) is 13.2. The van der Waals surface area contributed by atoms with Crippen LogP contribution in [0.25, 0.3) is 0 Å². The molecule has 0 fully saturated rings. The molecule has 18 heavy (non-hydrogen) atoms. The van der Waals surface area contributed by atoms with E-state index >= 15 is 0 Å². The zero-order valence-electron chi connectivity index (χ0n) is 8.99. The van der Waals surface area contributed by atoms with E-state index in [0.29, 0.717) is 14.9 Å². The third-order valence-electron chi connectivity index (χ3n) is 2.23. The van der Waals surface area contributed by atoms with Gasteiger partial charge in [-0.3, -0.25) is 4.79 Å². The molecule has 2 aromatic rings. The van der Waals surface area contributed by atoms with Crippen LogP contribution in [0.5, 0.6) is 0 Å². The van der Waals surface area contributed by atoms with E-state index in [2.05, 4.69) is 15.9 Å². The van der Waals surface area contributed by atoms with Crippen LogP contribution in [0, 0.1) is 11.6 Å². The van der Waals surface area contributed by atoms with Gasteiger partial charge in [-0.25, -0.2) is 8.78 Å². The second kappa shape index (κ2) is 5.63. The summed E-state index contributed by atoms with van der Waals surface area (Å²) >= 11 is 4.56. The van der Waals surface area contributed by atoms with Crippen LogP contribution in [0.4, 0.5) is 8.78 Å². The number of carbonyl (C=O) groups excluding carboxylic acids is 1. The minimum absolute atomic E-state index is 0.546. The van der Waals surface area contributed by atoms with Crippen molar-refractivity contribution in [1.29, 1.82) is 0 Å². The van der Waals surface area contributed by atoms with E-state index in [1.54, 1.807) is 18.2 Å².